The van der Waals surface area contributed by atoms with Gasteiger partial charge in [-0.15, -0.1) is 0 Å². The van der Waals surface area contributed by atoms with Crippen molar-refractivity contribution >= 4 is 0 Å². The Morgan fingerprint density at radius 3 is 3.05 bits per heavy atom. The van der Waals surface area contributed by atoms with Crippen LogP contribution in [0.3, 0.4) is 0 Å². The van der Waals surface area contributed by atoms with Crippen LogP contribution in [0, 0.1) is 5.82 Å². The number of fused-ring (bicyclic) bond motifs is 2. The Hall–Kier alpha value is -1.79. The van der Waals surface area contributed by atoms with Gasteiger partial charge in [0.05, 0.1) is 24.2 Å². The molecular formula is C16H19FN4O. The van der Waals surface area contributed by atoms with Crippen molar-refractivity contribution in [1.29, 1.82) is 0 Å². The van der Waals surface area contributed by atoms with E-state index in [0.29, 0.717) is 12.2 Å². The molecule has 6 heteroatoms. The van der Waals surface area contributed by atoms with E-state index in [1.807, 2.05) is 6.20 Å². The Balaban J connectivity index is 1.47. The van der Waals surface area contributed by atoms with Crippen LogP contribution in [0.15, 0.2) is 24.5 Å². The number of rotatable bonds is 2. The molecule has 4 heterocycles. The molecule has 0 radical (unpaired) electrons. The predicted octanol–water partition coefficient (Wildman–Crippen LogP) is 2.01. The third-order valence-corrected chi connectivity index (χ3v) is 4.80. The zero-order valence-corrected chi connectivity index (χ0v) is 12.4. The lowest BCUT2D eigenvalue weighted by Gasteiger charge is -2.43. The van der Waals surface area contributed by atoms with Gasteiger partial charge in [0.2, 0.25) is 0 Å². The first kappa shape index (κ1) is 13.8. The summed E-state index contributed by atoms with van der Waals surface area (Å²) in [7, 11) is 0. The number of pyridine rings is 1. The first-order valence-electron chi connectivity index (χ1n) is 7.75. The maximum atomic E-state index is 13.7. The number of nitrogens with zero attached hydrogens (tertiary/aromatic N) is 3. The number of likely N-dealkylation sites (tertiary alicyclic amines) is 1. The second-order valence-electron chi connectivity index (χ2n) is 6.07. The van der Waals surface area contributed by atoms with Gasteiger partial charge >= 0.3 is 0 Å². The number of aromatic amines is 1. The molecule has 0 bridgehead atoms. The highest BCUT2D eigenvalue weighted by atomic mass is 19.1. The standard InChI is InChI=1S/C16H19FN4O/c17-13-2-1-6-18-14(13)11-21-7-4-16(5-8-21)15-12(3-9-22-16)10-19-20-15/h1-2,6,10H,3-5,7-9,11H2,(H,19,20). The molecule has 0 amide bonds. The minimum absolute atomic E-state index is 0.229. The molecular weight excluding hydrogens is 283 g/mol. The van der Waals surface area contributed by atoms with Gasteiger partial charge in [-0.3, -0.25) is 15.0 Å². The molecule has 0 aromatic carbocycles. The molecule has 5 nitrogen and oxygen atoms in total. The van der Waals surface area contributed by atoms with Crippen molar-refractivity contribution in [3.63, 3.8) is 0 Å². The molecule has 116 valence electrons. The SMILES string of the molecule is Fc1cccnc1CN1CCC2(CC1)OCCc1cn[nH]c12. The van der Waals surface area contributed by atoms with Crippen LogP contribution in [0.5, 0.6) is 0 Å². The number of piperidine rings is 1. The maximum absolute atomic E-state index is 13.7. The van der Waals surface area contributed by atoms with E-state index in [0.717, 1.165) is 44.7 Å². The molecule has 2 aliphatic rings. The molecule has 4 rings (SSSR count). The molecule has 22 heavy (non-hydrogen) atoms. The number of ether oxygens (including phenoxy) is 1. The molecule has 1 N–H and O–H groups in total. The number of halogens is 1. The second-order valence-corrected chi connectivity index (χ2v) is 6.07. The predicted molar refractivity (Wildman–Crippen MR) is 78.6 cm³/mol. The van der Waals surface area contributed by atoms with Crippen LogP contribution in [-0.4, -0.2) is 39.8 Å². The van der Waals surface area contributed by atoms with Gasteiger partial charge in [0, 0.05) is 25.8 Å². The average molecular weight is 302 g/mol. The van der Waals surface area contributed by atoms with Crippen molar-refractivity contribution in [3.05, 3.63) is 47.3 Å². The molecule has 0 unspecified atom stereocenters. The lowest BCUT2D eigenvalue weighted by Crippen LogP contribution is -2.46. The maximum Gasteiger partial charge on any atom is 0.146 e. The number of hydrogen-bond acceptors (Lipinski definition) is 4. The van der Waals surface area contributed by atoms with Gasteiger partial charge in [0.15, 0.2) is 0 Å². The molecule has 0 atom stereocenters. The Bertz CT molecular complexity index is 664. The third-order valence-electron chi connectivity index (χ3n) is 4.80. The lowest BCUT2D eigenvalue weighted by atomic mass is 9.84. The van der Waals surface area contributed by atoms with E-state index < -0.39 is 0 Å². The summed E-state index contributed by atoms with van der Waals surface area (Å²) in [5.74, 6) is -0.229. The van der Waals surface area contributed by atoms with Crippen LogP contribution in [0.2, 0.25) is 0 Å². The Morgan fingerprint density at radius 1 is 1.36 bits per heavy atom. The number of nitrogens with one attached hydrogen (secondary N) is 1. The summed E-state index contributed by atoms with van der Waals surface area (Å²) in [5.41, 5.74) is 2.70. The highest BCUT2D eigenvalue weighted by Crippen LogP contribution is 2.40. The van der Waals surface area contributed by atoms with Gasteiger partial charge in [-0.1, -0.05) is 0 Å². The molecule has 1 fully saturated rings. The first-order valence-corrected chi connectivity index (χ1v) is 7.75. The number of aromatic nitrogens is 3. The normalized spacial score (nSPS) is 21.0. The minimum atomic E-state index is -0.233. The van der Waals surface area contributed by atoms with E-state index in [-0.39, 0.29) is 11.4 Å². The van der Waals surface area contributed by atoms with Gasteiger partial charge in [-0.2, -0.15) is 5.10 Å². The molecule has 1 saturated heterocycles. The summed E-state index contributed by atoms with van der Waals surface area (Å²) < 4.78 is 19.8. The molecule has 2 aliphatic heterocycles. The van der Waals surface area contributed by atoms with Crippen molar-refractivity contribution < 1.29 is 9.13 Å². The highest BCUT2D eigenvalue weighted by molar-refractivity contribution is 5.26. The molecule has 0 saturated carbocycles. The third kappa shape index (κ3) is 2.32. The fourth-order valence-corrected chi connectivity index (χ4v) is 3.54. The summed E-state index contributed by atoms with van der Waals surface area (Å²) in [6.45, 7) is 3.04. The summed E-state index contributed by atoms with van der Waals surface area (Å²) in [4.78, 5) is 6.38. The topological polar surface area (TPSA) is 54.0 Å². The van der Waals surface area contributed by atoms with Gasteiger partial charge in [-0.25, -0.2) is 4.39 Å². The van der Waals surface area contributed by atoms with Crippen LogP contribution in [0.25, 0.3) is 0 Å². The van der Waals surface area contributed by atoms with Crippen molar-refractivity contribution in [2.24, 2.45) is 0 Å². The molecule has 1 spiro atoms. The van der Waals surface area contributed by atoms with Gasteiger partial charge in [0.25, 0.3) is 0 Å². The average Bonchev–Trinajstić information content (AvgIpc) is 3.02. The Labute approximate surface area is 128 Å². The minimum Gasteiger partial charge on any atom is -0.368 e. The first-order chi connectivity index (χ1) is 10.8. The fraction of sp³-hybridized carbons (Fsp3) is 0.500. The molecule has 0 aliphatic carbocycles. The summed E-state index contributed by atoms with van der Waals surface area (Å²) in [6.07, 6.45) is 6.28. The zero-order valence-electron chi connectivity index (χ0n) is 12.4. The van der Waals surface area contributed by atoms with Crippen molar-refractivity contribution in [2.45, 2.75) is 31.4 Å². The summed E-state index contributed by atoms with van der Waals surface area (Å²) >= 11 is 0. The van der Waals surface area contributed by atoms with E-state index in [1.54, 1.807) is 12.3 Å². The monoisotopic (exact) mass is 302 g/mol. The van der Waals surface area contributed by atoms with E-state index >= 15 is 0 Å². The van der Waals surface area contributed by atoms with Crippen molar-refractivity contribution in [1.82, 2.24) is 20.1 Å². The Kier molecular flexibility index (Phi) is 3.43. The highest BCUT2D eigenvalue weighted by Gasteiger charge is 2.42. The van der Waals surface area contributed by atoms with Crippen LogP contribution in [0.4, 0.5) is 4.39 Å². The number of hydrogen-bond donors (Lipinski definition) is 1. The summed E-state index contributed by atoms with van der Waals surface area (Å²) in [5, 5.41) is 7.30. The molecule has 2 aromatic rings. The van der Waals surface area contributed by atoms with E-state index in [2.05, 4.69) is 20.1 Å². The zero-order chi connectivity index (χ0) is 15.0. The van der Waals surface area contributed by atoms with E-state index in [9.17, 15) is 4.39 Å². The largest absolute Gasteiger partial charge is 0.368 e. The van der Waals surface area contributed by atoms with Crippen molar-refractivity contribution in [2.75, 3.05) is 19.7 Å². The lowest BCUT2D eigenvalue weighted by molar-refractivity contribution is -0.102. The van der Waals surface area contributed by atoms with Crippen molar-refractivity contribution in [3.8, 4) is 0 Å². The Morgan fingerprint density at radius 2 is 2.23 bits per heavy atom. The quantitative estimate of drug-likeness (QED) is 0.922. The van der Waals surface area contributed by atoms with E-state index in [1.165, 1.54) is 11.6 Å². The van der Waals surface area contributed by atoms with Crippen LogP contribution in [0.1, 0.15) is 29.8 Å². The number of H-pyrrole nitrogens is 1. The summed E-state index contributed by atoms with van der Waals surface area (Å²) in [6, 6.07) is 3.09. The van der Waals surface area contributed by atoms with Crippen LogP contribution in [-0.2, 0) is 23.3 Å². The van der Waals surface area contributed by atoms with Crippen LogP contribution < -0.4 is 0 Å². The fourth-order valence-electron chi connectivity index (χ4n) is 3.54. The van der Waals surface area contributed by atoms with Gasteiger partial charge in [0.1, 0.15) is 11.4 Å². The second kappa shape index (κ2) is 5.44. The van der Waals surface area contributed by atoms with E-state index in [4.69, 9.17) is 4.74 Å². The smallest absolute Gasteiger partial charge is 0.146 e. The molecule has 2 aromatic heterocycles. The van der Waals surface area contributed by atoms with Crippen LogP contribution >= 0.6 is 0 Å². The van der Waals surface area contributed by atoms with Gasteiger partial charge in [-0.05, 0) is 37.0 Å². The van der Waals surface area contributed by atoms with Gasteiger partial charge < -0.3 is 4.74 Å².